The second-order valence-electron chi connectivity index (χ2n) is 7.66. The zero-order valence-corrected chi connectivity index (χ0v) is 17.6. The van der Waals surface area contributed by atoms with Crippen molar-refractivity contribution in [1.29, 1.82) is 0 Å². The number of amides is 1. The van der Waals surface area contributed by atoms with E-state index in [-0.39, 0.29) is 17.3 Å². The number of carbonyl (C=O) groups is 1. The lowest BCUT2D eigenvalue weighted by Gasteiger charge is -2.35. The van der Waals surface area contributed by atoms with Gasteiger partial charge in [0.15, 0.2) is 0 Å². The molecule has 2 aliphatic rings. The third-order valence-electron chi connectivity index (χ3n) is 5.55. The molecule has 0 bridgehead atoms. The van der Waals surface area contributed by atoms with Gasteiger partial charge in [0.1, 0.15) is 5.76 Å². The summed E-state index contributed by atoms with van der Waals surface area (Å²) in [5, 5.41) is 0. The fourth-order valence-corrected chi connectivity index (χ4v) is 4.89. The molecule has 9 heteroatoms. The summed E-state index contributed by atoms with van der Waals surface area (Å²) in [6, 6.07) is 9.58. The number of ether oxygens (including phenoxy) is 1. The van der Waals surface area contributed by atoms with E-state index in [0.29, 0.717) is 30.5 Å². The van der Waals surface area contributed by atoms with Gasteiger partial charge in [-0.05, 0) is 43.2 Å². The summed E-state index contributed by atoms with van der Waals surface area (Å²) in [5.41, 5.74) is 0.378. The molecule has 1 N–H and O–H groups in total. The fourth-order valence-electron chi connectivity index (χ4n) is 3.85. The third-order valence-corrected chi connectivity index (χ3v) is 6.95. The summed E-state index contributed by atoms with van der Waals surface area (Å²) in [7, 11) is -3.75. The van der Waals surface area contributed by atoms with E-state index in [2.05, 4.69) is 9.62 Å². The van der Waals surface area contributed by atoms with E-state index in [4.69, 9.17) is 9.15 Å². The standard InChI is InChI=1S/C21H27N3O5S/c25-21(24-10-8-23(9-11-24)16-19-6-3-13-29-19)17-4-1-7-20(14-17)30(26,27)22-15-18-5-2-12-28-18/h1-2,4-5,7,12,14,19,22H,3,6,8-11,13,15-16H2/t19-/m0/s1. The Balaban J connectivity index is 1.35. The van der Waals surface area contributed by atoms with E-state index in [9.17, 15) is 13.2 Å². The van der Waals surface area contributed by atoms with Crippen LogP contribution in [0.25, 0.3) is 0 Å². The van der Waals surface area contributed by atoms with Gasteiger partial charge in [0.2, 0.25) is 10.0 Å². The number of nitrogens with zero attached hydrogens (tertiary/aromatic N) is 2. The predicted molar refractivity (Wildman–Crippen MR) is 110 cm³/mol. The van der Waals surface area contributed by atoms with E-state index in [1.165, 1.54) is 18.4 Å². The Kier molecular flexibility index (Phi) is 6.52. The first-order chi connectivity index (χ1) is 14.5. The van der Waals surface area contributed by atoms with E-state index in [1.54, 1.807) is 29.2 Å². The highest BCUT2D eigenvalue weighted by Gasteiger charge is 2.26. The van der Waals surface area contributed by atoms with Gasteiger partial charge >= 0.3 is 0 Å². The van der Waals surface area contributed by atoms with Crippen LogP contribution in [-0.4, -0.2) is 69.6 Å². The Morgan fingerprint density at radius 2 is 1.97 bits per heavy atom. The van der Waals surface area contributed by atoms with Crippen LogP contribution in [0.15, 0.2) is 52.0 Å². The molecule has 0 spiro atoms. The minimum atomic E-state index is -3.75. The van der Waals surface area contributed by atoms with Crippen molar-refractivity contribution in [2.24, 2.45) is 0 Å². The lowest BCUT2D eigenvalue weighted by molar-refractivity contribution is 0.0432. The molecule has 1 atom stereocenters. The molecule has 2 aromatic rings. The van der Waals surface area contributed by atoms with Crippen molar-refractivity contribution in [3.8, 4) is 0 Å². The number of carbonyl (C=O) groups excluding carboxylic acids is 1. The van der Waals surface area contributed by atoms with Gasteiger partial charge in [0.25, 0.3) is 5.91 Å². The minimum Gasteiger partial charge on any atom is -0.468 e. The summed E-state index contributed by atoms with van der Waals surface area (Å²) in [6.45, 7) is 4.66. The molecule has 1 aromatic heterocycles. The Bertz CT molecular complexity index is 947. The summed E-state index contributed by atoms with van der Waals surface area (Å²) in [6.07, 6.45) is 4.03. The van der Waals surface area contributed by atoms with Gasteiger partial charge in [-0.25, -0.2) is 13.1 Å². The van der Waals surface area contributed by atoms with Crippen molar-refractivity contribution < 1.29 is 22.4 Å². The van der Waals surface area contributed by atoms with Crippen LogP contribution in [0.3, 0.4) is 0 Å². The quantitative estimate of drug-likeness (QED) is 0.715. The maximum atomic E-state index is 12.9. The highest BCUT2D eigenvalue weighted by atomic mass is 32.2. The van der Waals surface area contributed by atoms with Crippen molar-refractivity contribution in [2.45, 2.75) is 30.4 Å². The molecular formula is C21H27N3O5S. The first-order valence-electron chi connectivity index (χ1n) is 10.3. The Hall–Kier alpha value is -2.20. The van der Waals surface area contributed by atoms with Crippen LogP contribution in [0.1, 0.15) is 29.0 Å². The van der Waals surface area contributed by atoms with Crippen LogP contribution >= 0.6 is 0 Å². The minimum absolute atomic E-state index is 0.0557. The zero-order chi connectivity index (χ0) is 21.0. The van der Waals surface area contributed by atoms with Crippen LogP contribution in [0.5, 0.6) is 0 Å². The van der Waals surface area contributed by atoms with E-state index >= 15 is 0 Å². The van der Waals surface area contributed by atoms with Gasteiger partial charge in [-0.2, -0.15) is 0 Å². The Morgan fingerprint density at radius 1 is 1.13 bits per heavy atom. The first kappa shape index (κ1) is 21.0. The second-order valence-corrected chi connectivity index (χ2v) is 9.43. The summed E-state index contributed by atoms with van der Waals surface area (Å²) in [4.78, 5) is 17.1. The molecule has 8 nitrogen and oxygen atoms in total. The zero-order valence-electron chi connectivity index (χ0n) is 16.8. The van der Waals surface area contributed by atoms with Crippen molar-refractivity contribution in [3.63, 3.8) is 0 Å². The summed E-state index contributed by atoms with van der Waals surface area (Å²) >= 11 is 0. The van der Waals surface area contributed by atoms with Crippen LogP contribution in [0.2, 0.25) is 0 Å². The molecule has 2 fully saturated rings. The maximum Gasteiger partial charge on any atom is 0.253 e. The second kappa shape index (κ2) is 9.30. The largest absolute Gasteiger partial charge is 0.468 e. The number of nitrogens with one attached hydrogen (secondary N) is 1. The van der Waals surface area contributed by atoms with Crippen LogP contribution in [0, 0.1) is 0 Å². The average Bonchev–Trinajstić information content (AvgIpc) is 3.47. The summed E-state index contributed by atoms with van der Waals surface area (Å²) < 4.78 is 38.5. The van der Waals surface area contributed by atoms with Crippen molar-refractivity contribution in [3.05, 3.63) is 54.0 Å². The molecule has 4 rings (SSSR count). The number of benzene rings is 1. The molecule has 0 saturated carbocycles. The highest BCUT2D eigenvalue weighted by Crippen LogP contribution is 2.17. The molecule has 0 radical (unpaired) electrons. The van der Waals surface area contributed by atoms with Crippen molar-refractivity contribution in [1.82, 2.24) is 14.5 Å². The van der Waals surface area contributed by atoms with Gasteiger partial charge in [-0.15, -0.1) is 0 Å². The smallest absolute Gasteiger partial charge is 0.253 e. The summed E-state index contributed by atoms with van der Waals surface area (Å²) in [5.74, 6) is 0.376. The number of furan rings is 1. The number of hydrogen-bond donors (Lipinski definition) is 1. The predicted octanol–water partition coefficient (Wildman–Crippen LogP) is 1.69. The normalized spacial score (nSPS) is 20.5. The van der Waals surface area contributed by atoms with Gasteiger partial charge in [-0.3, -0.25) is 9.69 Å². The SMILES string of the molecule is O=C(c1cccc(S(=O)(=O)NCc2ccco2)c1)N1CCN(C[C@@H]2CCCO2)CC1. The molecule has 0 aliphatic carbocycles. The molecule has 30 heavy (non-hydrogen) atoms. The van der Waals surface area contributed by atoms with Crippen molar-refractivity contribution in [2.75, 3.05) is 39.3 Å². The van der Waals surface area contributed by atoms with Gasteiger partial charge in [0.05, 0.1) is 23.8 Å². The monoisotopic (exact) mass is 433 g/mol. The van der Waals surface area contributed by atoms with Gasteiger partial charge in [0, 0.05) is 44.9 Å². The molecule has 2 saturated heterocycles. The van der Waals surface area contributed by atoms with E-state index < -0.39 is 10.0 Å². The van der Waals surface area contributed by atoms with E-state index in [0.717, 1.165) is 39.1 Å². The molecule has 1 aromatic carbocycles. The van der Waals surface area contributed by atoms with Crippen molar-refractivity contribution >= 4 is 15.9 Å². The van der Waals surface area contributed by atoms with Crippen LogP contribution in [-0.2, 0) is 21.3 Å². The maximum absolute atomic E-state index is 12.9. The molecule has 1 amide bonds. The molecule has 3 heterocycles. The van der Waals surface area contributed by atoms with E-state index in [1.807, 2.05) is 0 Å². The third kappa shape index (κ3) is 5.10. The first-order valence-corrected chi connectivity index (χ1v) is 11.7. The fraction of sp³-hybridized carbons (Fsp3) is 0.476. The number of rotatable bonds is 7. The lowest BCUT2D eigenvalue weighted by Crippen LogP contribution is -2.50. The van der Waals surface area contributed by atoms with Gasteiger partial charge < -0.3 is 14.1 Å². The lowest BCUT2D eigenvalue weighted by atomic mass is 10.1. The van der Waals surface area contributed by atoms with Gasteiger partial charge in [-0.1, -0.05) is 6.07 Å². The molecular weight excluding hydrogens is 406 g/mol. The number of piperazine rings is 1. The van der Waals surface area contributed by atoms with Crippen LogP contribution in [0.4, 0.5) is 0 Å². The Morgan fingerprint density at radius 3 is 2.67 bits per heavy atom. The topological polar surface area (TPSA) is 92.1 Å². The Labute approximate surface area is 176 Å². The highest BCUT2D eigenvalue weighted by molar-refractivity contribution is 7.89. The molecule has 0 unspecified atom stereocenters. The van der Waals surface area contributed by atoms with Crippen LogP contribution < -0.4 is 4.72 Å². The molecule has 2 aliphatic heterocycles. The molecule has 162 valence electrons. The average molecular weight is 434 g/mol. The number of hydrogen-bond acceptors (Lipinski definition) is 6. The number of sulfonamides is 1.